The summed E-state index contributed by atoms with van der Waals surface area (Å²) in [7, 11) is 1.59. The van der Waals surface area contributed by atoms with Crippen LogP contribution < -0.4 is 16.0 Å². The summed E-state index contributed by atoms with van der Waals surface area (Å²) in [5.41, 5.74) is 1.46. The molecule has 0 heterocycles. The molecule has 3 amide bonds. The predicted octanol–water partition coefficient (Wildman–Crippen LogP) is 2.14. The number of benzene rings is 1. The van der Waals surface area contributed by atoms with Crippen LogP contribution in [0.3, 0.4) is 0 Å². The molecule has 0 spiro atoms. The van der Waals surface area contributed by atoms with Crippen molar-refractivity contribution in [2.75, 3.05) is 18.9 Å². The highest BCUT2D eigenvalue weighted by molar-refractivity contribution is 5.91. The Kier molecular flexibility index (Phi) is 6.56. The Balaban J connectivity index is 2.58. The number of nitrogens with one attached hydrogen (secondary N) is 3. The molecule has 0 atom stereocenters. The summed E-state index contributed by atoms with van der Waals surface area (Å²) < 4.78 is 0. The maximum Gasteiger partial charge on any atom is 0.319 e. The maximum absolute atomic E-state index is 11.8. The summed E-state index contributed by atoms with van der Waals surface area (Å²) in [4.78, 5) is 23.2. The first-order chi connectivity index (χ1) is 9.52. The van der Waals surface area contributed by atoms with Gasteiger partial charge < -0.3 is 16.0 Å². The summed E-state index contributed by atoms with van der Waals surface area (Å²) >= 11 is 0. The van der Waals surface area contributed by atoms with Crippen LogP contribution in [-0.2, 0) is 11.2 Å². The van der Waals surface area contributed by atoms with Crippen molar-refractivity contribution in [2.45, 2.75) is 26.7 Å². The molecule has 0 fully saturated rings. The molecule has 0 aromatic heterocycles. The number of amides is 3. The highest BCUT2D eigenvalue weighted by atomic mass is 16.2. The zero-order chi connectivity index (χ0) is 15.0. The summed E-state index contributed by atoms with van der Waals surface area (Å²) in [6.07, 6.45) is 1.19. The van der Waals surface area contributed by atoms with Gasteiger partial charge in [0.05, 0.1) is 6.42 Å². The van der Waals surface area contributed by atoms with Gasteiger partial charge in [-0.2, -0.15) is 0 Å². The van der Waals surface area contributed by atoms with Crippen LogP contribution in [-0.4, -0.2) is 25.5 Å². The number of anilines is 1. The SMILES string of the molecule is CNC(=O)Cc1ccccc1NC(=O)NCCC(C)C. The summed E-state index contributed by atoms with van der Waals surface area (Å²) in [6, 6.07) is 7.06. The third-order valence-corrected chi connectivity index (χ3v) is 2.90. The topological polar surface area (TPSA) is 70.2 Å². The van der Waals surface area contributed by atoms with Gasteiger partial charge in [-0.15, -0.1) is 0 Å². The van der Waals surface area contributed by atoms with Gasteiger partial charge in [-0.1, -0.05) is 32.0 Å². The van der Waals surface area contributed by atoms with Crippen LogP contribution in [0.5, 0.6) is 0 Å². The number of likely N-dealkylation sites (N-methyl/N-ethyl adjacent to an activating group) is 1. The minimum atomic E-state index is -0.241. The molecule has 110 valence electrons. The Labute approximate surface area is 120 Å². The van der Waals surface area contributed by atoms with Crippen molar-refractivity contribution in [2.24, 2.45) is 5.92 Å². The minimum Gasteiger partial charge on any atom is -0.359 e. The summed E-state index contributed by atoms with van der Waals surface area (Å²) in [5.74, 6) is 0.468. The molecule has 0 unspecified atom stereocenters. The van der Waals surface area contributed by atoms with Crippen LogP contribution in [0.2, 0.25) is 0 Å². The van der Waals surface area contributed by atoms with E-state index in [2.05, 4.69) is 29.8 Å². The van der Waals surface area contributed by atoms with Crippen molar-refractivity contribution >= 4 is 17.6 Å². The zero-order valence-corrected chi connectivity index (χ0v) is 12.3. The number of urea groups is 1. The second kappa shape index (κ2) is 8.19. The molecule has 20 heavy (non-hydrogen) atoms. The standard InChI is InChI=1S/C15H23N3O2/c1-11(2)8-9-17-15(20)18-13-7-5-4-6-12(13)10-14(19)16-3/h4-7,11H,8-10H2,1-3H3,(H,16,19)(H2,17,18,20). The van der Waals surface area contributed by atoms with Gasteiger partial charge in [-0.25, -0.2) is 4.79 Å². The second-order valence-corrected chi connectivity index (χ2v) is 5.07. The van der Waals surface area contributed by atoms with Crippen molar-refractivity contribution < 1.29 is 9.59 Å². The quantitative estimate of drug-likeness (QED) is 0.745. The first-order valence-electron chi connectivity index (χ1n) is 6.86. The predicted molar refractivity (Wildman–Crippen MR) is 80.7 cm³/mol. The first kappa shape index (κ1) is 16.0. The number of carbonyl (C=O) groups excluding carboxylic acids is 2. The Bertz CT molecular complexity index is 458. The van der Waals surface area contributed by atoms with Gasteiger partial charge >= 0.3 is 6.03 Å². The van der Waals surface area contributed by atoms with Crippen molar-refractivity contribution in [3.8, 4) is 0 Å². The molecule has 0 radical (unpaired) electrons. The van der Waals surface area contributed by atoms with Gasteiger partial charge in [0.2, 0.25) is 5.91 Å². The van der Waals surface area contributed by atoms with E-state index in [9.17, 15) is 9.59 Å². The van der Waals surface area contributed by atoms with Crippen LogP contribution in [0.15, 0.2) is 24.3 Å². The highest BCUT2D eigenvalue weighted by Crippen LogP contribution is 2.15. The van der Waals surface area contributed by atoms with E-state index in [-0.39, 0.29) is 18.4 Å². The lowest BCUT2D eigenvalue weighted by atomic mass is 10.1. The van der Waals surface area contributed by atoms with Crippen molar-refractivity contribution in [3.63, 3.8) is 0 Å². The van der Waals surface area contributed by atoms with Crippen molar-refractivity contribution in [1.82, 2.24) is 10.6 Å². The van der Waals surface area contributed by atoms with E-state index in [4.69, 9.17) is 0 Å². The summed E-state index contributed by atoms with van der Waals surface area (Å²) in [5, 5.41) is 8.16. The Morgan fingerprint density at radius 1 is 1.20 bits per heavy atom. The minimum absolute atomic E-state index is 0.0838. The van der Waals surface area contributed by atoms with E-state index in [1.807, 2.05) is 18.2 Å². The fourth-order valence-electron chi connectivity index (χ4n) is 1.70. The Morgan fingerprint density at radius 3 is 2.55 bits per heavy atom. The second-order valence-electron chi connectivity index (χ2n) is 5.07. The van der Waals surface area contributed by atoms with Gasteiger partial charge in [-0.3, -0.25) is 4.79 Å². The zero-order valence-electron chi connectivity index (χ0n) is 12.3. The number of carbonyl (C=O) groups is 2. The first-order valence-corrected chi connectivity index (χ1v) is 6.86. The lowest BCUT2D eigenvalue weighted by molar-refractivity contribution is -0.119. The van der Waals surface area contributed by atoms with Crippen LogP contribution >= 0.6 is 0 Å². The maximum atomic E-state index is 11.8. The lowest BCUT2D eigenvalue weighted by Gasteiger charge is -2.12. The average molecular weight is 277 g/mol. The molecule has 1 aromatic rings. The molecular formula is C15H23N3O2. The fraction of sp³-hybridized carbons (Fsp3) is 0.467. The lowest BCUT2D eigenvalue weighted by Crippen LogP contribution is -2.30. The van der Waals surface area contributed by atoms with E-state index in [0.29, 0.717) is 18.2 Å². The van der Waals surface area contributed by atoms with Gasteiger partial charge in [0, 0.05) is 19.3 Å². The van der Waals surface area contributed by atoms with Crippen molar-refractivity contribution in [1.29, 1.82) is 0 Å². The molecule has 3 N–H and O–H groups in total. The molecule has 5 nitrogen and oxygen atoms in total. The molecule has 0 aliphatic heterocycles. The Hall–Kier alpha value is -2.04. The highest BCUT2D eigenvalue weighted by Gasteiger charge is 2.09. The molecule has 0 saturated carbocycles. The number of hydrogen-bond acceptors (Lipinski definition) is 2. The summed E-state index contributed by atoms with van der Waals surface area (Å²) in [6.45, 7) is 4.86. The van der Waals surface area contributed by atoms with Gasteiger partial charge in [-0.05, 0) is 24.0 Å². The fourth-order valence-corrected chi connectivity index (χ4v) is 1.70. The number of para-hydroxylation sites is 1. The van der Waals surface area contributed by atoms with Gasteiger partial charge in [0.1, 0.15) is 0 Å². The van der Waals surface area contributed by atoms with E-state index in [1.165, 1.54) is 0 Å². The number of hydrogen-bond donors (Lipinski definition) is 3. The molecule has 1 aromatic carbocycles. The smallest absolute Gasteiger partial charge is 0.319 e. The molecule has 0 saturated heterocycles. The average Bonchev–Trinajstić information content (AvgIpc) is 2.40. The van der Waals surface area contributed by atoms with Gasteiger partial charge in [0.25, 0.3) is 0 Å². The largest absolute Gasteiger partial charge is 0.359 e. The normalized spacial score (nSPS) is 10.2. The third-order valence-electron chi connectivity index (χ3n) is 2.90. The van der Waals surface area contributed by atoms with Crippen molar-refractivity contribution in [3.05, 3.63) is 29.8 Å². The molecular weight excluding hydrogens is 254 g/mol. The van der Waals surface area contributed by atoms with Crippen LogP contribution in [0, 0.1) is 5.92 Å². The van der Waals surface area contributed by atoms with E-state index in [1.54, 1.807) is 13.1 Å². The monoisotopic (exact) mass is 277 g/mol. The van der Waals surface area contributed by atoms with Crippen LogP contribution in [0.1, 0.15) is 25.8 Å². The van der Waals surface area contributed by atoms with Crippen LogP contribution in [0.4, 0.5) is 10.5 Å². The van der Waals surface area contributed by atoms with Gasteiger partial charge in [0.15, 0.2) is 0 Å². The van der Waals surface area contributed by atoms with E-state index in [0.717, 1.165) is 12.0 Å². The Morgan fingerprint density at radius 2 is 1.90 bits per heavy atom. The molecule has 0 aliphatic rings. The molecule has 1 rings (SSSR count). The van der Waals surface area contributed by atoms with Crippen LogP contribution in [0.25, 0.3) is 0 Å². The molecule has 5 heteroatoms. The number of rotatable bonds is 6. The van der Waals surface area contributed by atoms with E-state index >= 15 is 0 Å². The third kappa shape index (κ3) is 5.73. The molecule has 0 bridgehead atoms. The van der Waals surface area contributed by atoms with E-state index < -0.39 is 0 Å². The molecule has 0 aliphatic carbocycles.